The summed E-state index contributed by atoms with van der Waals surface area (Å²) in [6.07, 6.45) is 1.56. The number of carbonyl (C=O) groups is 2. The maximum absolute atomic E-state index is 12.6. The van der Waals surface area contributed by atoms with Gasteiger partial charge in [0.15, 0.2) is 0 Å². The molecule has 0 unspecified atom stereocenters. The summed E-state index contributed by atoms with van der Waals surface area (Å²) in [7, 11) is -2.03. The van der Waals surface area contributed by atoms with E-state index in [2.05, 4.69) is 15.0 Å². The molecule has 1 fully saturated rings. The van der Waals surface area contributed by atoms with Crippen LogP contribution in [0.1, 0.15) is 46.5 Å². The number of carbonyl (C=O) groups excluding carboxylic acids is 2. The van der Waals surface area contributed by atoms with Gasteiger partial charge in [0.05, 0.1) is 4.90 Å². The van der Waals surface area contributed by atoms with Crippen molar-refractivity contribution in [1.29, 1.82) is 0 Å². The van der Waals surface area contributed by atoms with E-state index in [9.17, 15) is 18.0 Å². The van der Waals surface area contributed by atoms with Gasteiger partial charge in [-0.05, 0) is 51.8 Å². The van der Waals surface area contributed by atoms with Crippen molar-refractivity contribution >= 4 is 33.5 Å². The van der Waals surface area contributed by atoms with E-state index in [-0.39, 0.29) is 17.2 Å². The molecule has 2 amide bonds. The summed E-state index contributed by atoms with van der Waals surface area (Å²) >= 11 is 0. The van der Waals surface area contributed by atoms with Crippen LogP contribution in [0.4, 0.5) is 10.5 Å². The smallest absolute Gasteiger partial charge is 0.407 e. The zero-order chi connectivity index (χ0) is 22.4. The molecule has 166 valence electrons. The fourth-order valence-corrected chi connectivity index (χ4v) is 3.95. The van der Waals surface area contributed by atoms with Crippen LogP contribution in [0, 0.1) is 0 Å². The predicted octanol–water partition coefficient (Wildman–Crippen LogP) is 2.74. The van der Waals surface area contributed by atoms with Gasteiger partial charge in [0.2, 0.25) is 5.91 Å². The molecule has 0 aromatic heterocycles. The van der Waals surface area contributed by atoms with Gasteiger partial charge in [-0.1, -0.05) is 6.07 Å². The van der Waals surface area contributed by atoms with E-state index in [1.54, 1.807) is 32.9 Å². The maximum Gasteiger partial charge on any atom is 0.407 e. The molecule has 10 heteroatoms. The molecule has 1 aromatic carbocycles. The number of benzene rings is 1. The Labute approximate surface area is 177 Å². The Balaban J connectivity index is 1.87. The number of alkyl carbamates (subject to hydrolysis) is 1. The third-order valence-corrected chi connectivity index (χ3v) is 5.53. The van der Waals surface area contributed by atoms with Crippen molar-refractivity contribution in [3.8, 4) is 0 Å². The first-order valence-corrected chi connectivity index (χ1v) is 11.3. The Hall–Kier alpha value is -2.62. The molecule has 0 atom stereocenters. The van der Waals surface area contributed by atoms with Gasteiger partial charge in [-0.15, -0.1) is 4.40 Å². The molecule has 2 N–H and O–H groups in total. The summed E-state index contributed by atoms with van der Waals surface area (Å²) in [6, 6.07) is 6.02. The summed E-state index contributed by atoms with van der Waals surface area (Å²) in [5.41, 5.74) is -0.203. The molecule has 1 aliphatic rings. The highest BCUT2D eigenvalue weighted by molar-refractivity contribution is 7.90. The second-order valence-electron chi connectivity index (χ2n) is 8.12. The van der Waals surface area contributed by atoms with Crippen molar-refractivity contribution in [3.63, 3.8) is 0 Å². The minimum absolute atomic E-state index is 0.0275. The van der Waals surface area contributed by atoms with Gasteiger partial charge in [-0.2, -0.15) is 8.42 Å². The Morgan fingerprint density at radius 3 is 2.63 bits per heavy atom. The number of nitrogens with one attached hydrogen (secondary N) is 2. The summed E-state index contributed by atoms with van der Waals surface area (Å²) < 4.78 is 34.2. The lowest BCUT2D eigenvalue weighted by Gasteiger charge is -2.19. The third-order valence-electron chi connectivity index (χ3n) is 4.22. The fourth-order valence-electron chi connectivity index (χ4n) is 2.81. The largest absolute Gasteiger partial charge is 0.444 e. The first-order chi connectivity index (χ1) is 14.0. The van der Waals surface area contributed by atoms with Crippen molar-refractivity contribution in [3.05, 3.63) is 24.3 Å². The van der Waals surface area contributed by atoms with Gasteiger partial charge in [-0.3, -0.25) is 4.79 Å². The van der Waals surface area contributed by atoms with Crippen LogP contribution in [0.5, 0.6) is 0 Å². The topological polar surface area (TPSA) is 117 Å². The van der Waals surface area contributed by atoms with Gasteiger partial charge in [0.25, 0.3) is 10.0 Å². The standard InChI is InChI=1S/C20H30N4O5S/c1-20(2,3)29-19(26)21-12-6-11-18(25)22-15-8-5-9-16(14-15)30(27,28)23-17-10-7-13-24(17)4/h5,8-9,14H,6-7,10-13H2,1-4H3,(H,21,26)(H,22,25)/b23-17+. The van der Waals surface area contributed by atoms with Gasteiger partial charge in [-0.25, -0.2) is 4.79 Å². The number of nitrogens with zero attached hydrogens (tertiary/aromatic N) is 2. The lowest BCUT2D eigenvalue weighted by molar-refractivity contribution is -0.116. The number of hydrogen-bond donors (Lipinski definition) is 2. The van der Waals surface area contributed by atoms with Crippen molar-refractivity contribution < 1.29 is 22.7 Å². The first kappa shape index (κ1) is 23.7. The molecule has 0 radical (unpaired) electrons. The second-order valence-corrected chi connectivity index (χ2v) is 9.72. The molecule has 9 nitrogen and oxygen atoms in total. The van der Waals surface area contributed by atoms with Crippen LogP contribution < -0.4 is 10.6 Å². The normalized spacial score (nSPS) is 15.9. The van der Waals surface area contributed by atoms with E-state index in [0.717, 1.165) is 13.0 Å². The van der Waals surface area contributed by atoms with Gasteiger partial charge < -0.3 is 20.3 Å². The Morgan fingerprint density at radius 1 is 1.27 bits per heavy atom. The molecule has 0 saturated carbocycles. The molecular weight excluding hydrogens is 408 g/mol. The molecular formula is C20H30N4O5S. The maximum atomic E-state index is 12.6. The summed E-state index contributed by atoms with van der Waals surface area (Å²) in [6.45, 7) is 6.39. The fraction of sp³-hybridized carbons (Fsp3) is 0.550. The van der Waals surface area contributed by atoms with Gasteiger partial charge >= 0.3 is 6.09 Å². The zero-order valence-electron chi connectivity index (χ0n) is 17.9. The van der Waals surface area contributed by atoms with Crippen molar-refractivity contribution in [2.24, 2.45) is 4.40 Å². The Kier molecular flexibility index (Phi) is 7.83. The van der Waals surface area contributed by atoms with Crippen LogP contribution in [-0.2, 0) is 19.6 Å². The summed E-state index contributed by atoms with van der Waals surface area (Å²) in [5.74, 6) is 0.263. The quantitative estimate of drug-likeness (QED) is 0.632. The minimum atomic E-state index is -3.85. The molecule has 30 heavy (non-hydrogen) atoms. The molecule has 1 heterocycles. The molecule has 1 aliphatic heterocycles. The molecule has 1 saturated heterocycles. The average Bonchev–Trinajstić information content (AvgIpc) is 3.01. The summed E-state index contributed by atoms with van der Waals surface area (Å²) in [4.78, 5) is 25.6. The average molecular weight is 439 g/mol. The number of ether oxygens (including phenoxy) is 1. The van der Waals surface area contributed by atoms with Crippen LogP contribution in [-0.4, -0.2) is 56.9 Å². The van der Waals surface area contributed by atoms with Crippen LogP contribution in [0.25, 0.3) is 0 Å². The summed E-state index contributed by atoms with van der Waals surface area (Å²) in [5, 5.41) is 5.26. The highest BCUT2D eigenvalue weighted by Crippen LogP contribution is 2.20. The number of sulfonamides is 1. The Morgan fingerprint density at radius 2 is 2.00 bits per heavy atom. The minimum Gasteiger partial charge on any atom is -0.444 e. The number of amides is 2. The number of amidine groups is 1. The number of anilines is 1. The van der Waals surface area contributed by atoms with Crippen molar-refractivity contribution in [2.45, 2.75) is 57.0 Å². The second kappa shape index (κ2) is 9.92. The van der Waals surface area contributed by atoms with Crippen LogP contribution in [0.3, 0.4) is 0 Å². The van der Waals surface area contributed by atoms with E-state index in [0.29, 0.717) is 30.9 Å². The van der Waals surface area contributed by atoms with Crippen molar-refractivity contribution in [1.82, 2.24) is 10.2 Å². The lowest BCUT2D eigenvalue weighted by atomic mass is 10.2. The Bertz CT molecular complexity index is 906. The van der Waals surface area contributed by atoms with Crippen molar-refractivity contribution in [2.75, 3.05) is 25.5 Å². The van der Waals surface area contributed by atoms with E-state index < -0.39 is 21.7 Å². The molecule has 0 spiro atoms. The van der Waals surface area contributed by atoms with Gasteiger partial charge in [0.1, 0.15) is 11.4 Å². The third kappa shape index (κ3) is 7.66. The molecule has 1 aromatic rings. The predicted molar refractivity (Wildman–Crippen MR) is 115 cm³/mol. The monoisotopic (exact) mass is 438 g/mol. The van der Waals surface area contributed by atoms with E-state index in [4.69, 9.17) is 4.74 Å². The zero-order valence-corrected chi connectivity index (χ0v) is 18.7. The lowest BCUT2D eigenvalue weighted by Crippen LogP contribution is -2.33. The highest BCUT2D eigenvalue weighted by atomic mass is 32.2. The van der Waals surface area contributed by atoms with E-state index in [1.165, 1.54) is 12.1 Å². The molecule has 0 bridgehead atoms. The first-order valence-electron chi connectivity index (χ1n) is 9.88. The number of likely N-dealkylation sites (tertiary alicyclic amines) is 1. The SMILES string of the molecule is CN1CCC/C1=N\S(=O)(=O)c1cccc(NC(=O)CCCNC(=O)OC(C)(C)C)c1. The van der Waals surface area contributed by atoms with E-state index >= 15 is 0 Å². The van der Waals surface area contributed by atoms with Crippen LogP contribution in [0.2, 0.25) is 0 Å². The molecule has 2 rings (SSSR count). The highest BCUT2D eigenvalue weighted by Gasteiger charge is 2.20. The number of rotatable bonds is 7. The van der Waals surface area contributed by atoms with E-state index in [1.807, 2.05) is 11.9 Å². The van der Waals surface area contributed by atoms with Crippen LogP contribution in [0.15, 0.2) is 33.6 Å². The number of hydrogen-bond acceptors (Lipinski definition) is 5. The molecule has 0 aliphatic carbocycles. The van der Waals surface area contributed by atoms with Crippen LogP contribution >= 0.6 is 0 Å². The van der Waals surface area contributed by atoms with Gasteiger partial charge in [0, 0.05) is 38.7 Å².